The first kappa shape index (κ1) is 17.0. The lowest BCUT2D eigenvalue weighted by Gasteiger charge is -2.15. The molecule has 1 aromatic carbocycles. The minimum atomic E-state index is -3.67. The molecule has 1 aromatic rings. The molecule has 5 heteroatoms. The monoisotopic (exact) mass is 299 g/mol. The molecule has 0 aliphatic rings. The molecular formula is C15H25NO3S. The second-order valence-electron chi connectivity index (χ2n) is 5.78. The topological polar surface area (TPSA) is 69.4 Å². The van der Waals surface area contributed by atoms with Crippen molar-refractivity contribution in [2.75, 3.05) is 6.61 Å². The molecule has 0 unspecified atom stereocenters. The molecule has 4 nitrogen and oxygen atoms in total. The molecular weight excluding hydrogens is 274 g/mol. The van der Waals surface area contributed by atoms with Gasteiger partial charge in [-0.2, -0.15) is 0 Å². The second-order valence-corrected chi connectivity index (χ2v) is 7.35. The van der Waals surface area contributed by atoms with Crippen LogP contribution in [0.3, 0.4) is 0 Å². The molecule has 0 saturated carbocycles. The molecule has 0 heterocycles. The smallest absolute Gasteiger partial charge is 0.238 e. The van der Waals surface area contributed by atoms with E-state index in [1.54, 1.807) is 12.1 Å². The third kappa shape index (κ3) is 5.13. The van der Waals surface area contributed by atoms with Crippen molar-refractivity contribution in [1.82, 2.24) is 0 Å². The van der Waals surface area contributed by atoms with Crippen molar-refractivity contribution in [3.05, 3.63) is 23.8 Å². The molecule has 0 radical (unpaired) electrons. The maximum absolute atomic E-state index is 11.4. The maximum atomic E-state index is 11.4. The van der Waals surface area contributed by atoms with Crippen molar-refractivity contribution in [3.8, 4) is 5.75 Å². The van der Waals surface area contributed by atoms with E-state index in [1.807, 2.05) is 13.8 Å². The van der Waals surface area contributed by atoms with Crippen molar-refractivity contribution in [3.63, 3.8) is 0 Å². The Hall–Kier alpha value is -1.07. The van der Waals surface area contributed by atoms with Crippen LogP contribution in [-0.4, -0.2) is 15.0 Å². The SMILES string of the molecule is CC(C)CCCOc1ccc(S(N)(=O)=O)cc1C(C)C. The average Bonchev–Trinajstić information content (AvgIpc) is 2.33. The molecule has 0 aliphatic carbocycles. The molecule has 114 valence electrons. The molecule has 0 bridgehead atoms. The van der Waals surface area contributed by atoms with Gasteiger partial charge < -0.3 is 4.74 Å². The van der Waals surface area contributed by atoms with E-state index in [2.05, 4.69) is 13.8 Å². The molecule has 2 N–H and O–H groups in total. The number of benzene rings is 1. The van der Waals surface area contributed by atoms with Gasteiger partial charge in [0.05, 0.1) is 11.5 Å². The summed E-state index contributed by atoms with van der Waals surface area (Å²) in [6, 6.07) is 4.81. The number of primary sulfonamides is 1. The van der Waals surface area contributed by atoms with Crippen LogP contribution >= 0.6 is 0 Å². The van der Waals surface area contributed by atoms with Gasteiger partial charge in [0.25, 0.3) is 0 Å². The van der Waals surface area contributed by atoms with E-state index in [4.69, 9.17) is 9.88 Å². The number of nitrogens with two attached hydrogens (primary N) is 1. The van der Waals surface area contributed by atoms with Crippen molar-refractivity contribution >= 4 is 10.0 Å². The Kier molecular flexibility index (Phi) is 6.02. The predicted octanol–water partition coefficient (Wildman–Crippen LogP) is 3.27. The average molecular weight is 299 g/mol. The Balaban J connectivity index is 2.86. The fourth-order valence-electron chi connectivity index (χ4n) is 1.96. The van der Waals surface area contributed by atoms with Crippen molar-refractivity contribution < 1.29 is 13.2 Å². The van der Waals surface area contributed by atoms with Crippen LogP contribution in [0, 0.1) is 5.92 Å². The Bertz CT molecular complexity index is 536. The van der Waals surface area contributed by atoms with Crippen molar-refractivity contribution in [2.45, 2.75) is 51.3 Å². The fourth-order valence-corrected chi connectivity index (χ4v) is 2.51. The first-order valence-electron chi connectivity index (χ1n) is 7.01. The number of rotatable bonds is 7. The lowest BCUT2D eigenvalue weighted by molar-refractivity contribution is 0.294. The van der Waals surface area contributed by atoms with E-state index in [9.17, 15) is 8.42 Å². The normalized spacial score (nSPS) is 12.2. The van der Waals surface area contributed by atoms with Crippen LogP contribution in [0.2, 0.25) is 0 Å². The summed E-state index contributed by atoms with van der Waals surface area (Å²) in [6.07, 6.45) is 2.11. The van der Waals surface area contributed by atoms with E-state index in [0.717, 1.165) is 24.2 Å². The third-order valence-electron chi connectivity index (χ3n) is 3.12. The second kappa shape index (κ2) is 7.09. The zero-order valence-electron chi connectivity index (χ0n) is 12.7. The van der Waals surface area contributed by atoms with Crippen LogP contribution < -0.4 is 9.88 Å². The Morgan fingerprint density at radius 2 is 1.85 bits per heavy atom. The first-order chi connectivity index (χ1) is 9.21. The maximum Gasteiger partial charge on any atom is 0.238 e. The van der Waals surface area contributed by atoms with Crippen LogP contribution in [0.15, 0.2) is 23.1 Å². The zero-order valence-corrected chi connectivity index (χ0v) is 13.5. The summed E-state index contributed by atoms with van der Waals surface area (Å²) in [5, 5.41) is 5.16. The van der Waals surface area contributed by atoms with Gasteiger partial charge in [-0.25, -0.2) is 13.6 Å². The molecule has 0 aromatic heterocycles. The summed E-state index contributed by atoms with van der Waals surface area (Å²) in [7, 11) is -3.67. The summed E-state index contributed by atoms with van der Waals surface area (Å²) < 4.78 is 28.6. The number of hydrogen-bond donors (Lipinski definition) is 1. The quantitative estimate of drug-likeness (QED) is 0.786. The van der Waals surface area contributed by atoms with E-state index in [-0.39, 0.29) is 10.8 Å². The highest BCUT2D eigenvalue weighted by atomic mass is 32.2. The van der Waals surface area contributed by atoms with Gasteiger partial charge in [0.1, 0.15) is 5.75 Å². The molecule has 0 atom stereocenters. The van der Waals surface area contributed by atoms with E-state index in [0.29, 0.717) is 12.5 Å². The van der Waals surface area contributed by atoms with Gasteiger partial charge in [0.15, 0.2) is 0 Å². The Labute approximate surface area is 122 Å². The molecule has 1 rings (SSSR count). The summed E-state index contributed by atoms with van der Waals surface area (Å²) in [4.78, 5) is 0.135. The predicted molar refractivity (Wildman–Crippen MR) is 81.5 cm³/mol. The van der Waals surface area contributed by atoms with Crippen LogP contribution in [0.1, 0.15) is 52.0 Å². The minimum absolute atomic E-state index is 0.135. The number of sulfonamides is 1. The van der Waals surface area contributed by atoms with E-state index >= 15 is 0 Å². The van der Waals surface area contributed by atoms with Crippen LogP contribution in [0.5, 0.6) is 5.75 Å². The van der Waals surface area contributed by atoms with E-state index < -0.39 is 10.0 Å². The van der Waals surface area contributed by atoms with E-state index in [1.165, 1.54) is 6.07 Å². The Morgan fingerprint density at radius 1 is 1.20 bits per heavy atom. The van der Waals surface area contributed by atoms with Crippen molar-refractivity contribution in [1.29, 1.82) is 0 Å². The molecule has 0 fully saturated rings. The van der Waals surface area contributed by atoms with Gasteiger partial charge in [-0.05, 0) is 48.4 Å². The lowest BCUT2D eigenvalue weighted by atomic mass is 10.0. The standard InChI is InChI=1S/C15H25NO3S/c1-11(2)6-5-9-19-15-8-7-13(20(16,17)18)10-14(15)12(3)4/h7-8,10-12H,5-6,9H2,1-4H3,(H2,16,17,18). The summed E-state index contributed by atoms with van der Waals surface area (Å²) in [6.45, 7) is 9.01. The molecule has 0 aliphatic heterocycles. The first-order valence-corrected chi connectivity index (χ1v) is 8.56. The highest BCUT2D eigenvalue weighted by Crippen LogP contribution is 2.29. The highest BCUT2D eigenvalue weighted by molar-refractivity contribution is 7.89. The minimum Gasteiger partial charge on any atom is -0.493 e. The molecule has 0 amide bonds. The zero-order chi connectivity index (χ0) is 15.3. The highest BCUT2D eigenvalue weighted by Gasteiger charge is 2.14. The Morgan fingerprint density at radius 3 is 2.35 bits per heavy atom. The van der Waals surface area contributed by atoms with Gasteiger partial charge in [-0.1, -0.05) is 27.7 Å². The number of hydrogen-bond acceptors (Lipinski definition) is 3. The largest absolute Gasteiger partial charge is 0.493 e. The molecule has 20 heavy (non-hydrogen) atoms. The van der Waals surface area contributed by atoms with Gasteiger partial charge in [0, 0.05) is 0 Å². The van der Waals surface area contributed by atoms with Crippen LogP contribution in [0.4, 0.5) is 0 Å². The summed E-state index contributed by atoms with van der Waals surface area (Å²) >= 11 is 0. The van der Waals surface area contributed by atoms with Gasteiger partial charge in [0.2, 0.25) is 10.0 Å². The molecule has 0 spiro atoms. The lowest BCUT2D eigenvalue weighted by Crippen LogP contribution is -2.13. The van der Waals surface area contributed by atoms with Crippen LogP contribution in [-0.2, 0) is 10.0 Å². The van der Waals surface area contributed by atoms with Gasteiger partial charge >= 0.3 is 0 Å². The summed E-state index contributed by atoms with van der Waals surface area (Å²) in [5.41, 5.74) is 0.876. The molecule has 0 saturated heterocycles. The third-order valence-corrected chi connectivity index (χ3v) is 4.03. The van der Waals surface area contributed by atoms with Crippen LogP contribution in [0.25, 0.3) is 0 Å². The van der Waals surface area contributed by atoms with Gasteiger partial charge in [-0.3, -0.25) is 0 Å². The van der Waals surface area contributed by atoms with Gasteiger partial charge in [-0.15, -0.1) is 0 Å². The fraction of sp³-hybridized carbons (Fsp3) is 0.600. The summed E-state index contributed by atoms with van der Waals surface area (Å²) in [5.74, 6) is 1.58. The number of ether oxygens (including phenoxy) is 1. The van der Waals surface area contributed by atoms with Crippen molar-refractivity contribution in [2.24, 2.45) is 11.1 Å².